The molecule has 1 aliphatic carbocycles. The highest BCUT2D eigenvalue weighted by molar-refractivity contribution is 6.69. The number of rotatable bonds is 0. The summed E-state index contributed by atoms with van der Waals surface area (Å²) in [5.74, 6) is 0. The molecule has 0 aromatic rings. The van der Waals surface area contributed by atoms with Crippen molar-refractivity contribution in [3.63, 3.8) is 0 Å². The maximum Gasteiger partial charge on any atom is 0.216 e. The van der Waals surface area contributed by atoms with Gasteiger partial charge in [-0.25, -0.2) is 0 Å². The minimum absolute atomic E-state index is 0.227. The van der Waals surface area contributed by atoms with Crippen LogP contribution in [0.15, 0.2) is 23.3 Å². The lowest BCUT2D eigenvalue weighted by atomic mass is 9.88. The molecule has 0 fully saturated rings. The molecule has 0 bridgehead atoms. The Kier molecular flexibility index (Phi) is 3.20. The summed E-state index contributed by atoms with van der Waals surface area (Å²) < 4.78 is -1.70. The molecule has 2 atom stereocenters. The van der Waals surface area contributed by atoms with Gasteiger partial charge in [-0.05, 0) is 13.0 Å². The monoisotopic (exact) mass is 274 g/mol. The Morgan fingerprint density at radius 2 is 1.71 bits per heavy atom. The predicted molar refractivity (Wildman–Crippen MR) is 62.9 cm³/mol. The molecule has 2 unspecified atom stereocenters. The van der Waals surface area contributed by atoms with Gasteiger partial charge in [0, 0.05) is 5.03 Å². The molecule has 0 amide bonds. The summed E-state index contributed by atoms with van der Waals surface area (Å²) in [7, 11) is 0. The molecule has 0 spiro atoms. The van der Waals surface area contributed by atoms with Gasteiger partial charge >= 0.3 is 0 Å². The van der Waals surface area contributed by atoms with E-state index in [1.165, 1.54) is 6.08 Å². The number of alkyl halides is 3. The van der Waals surface area contributed by atoms with Crippen LogP contribution in [-0.4, -0.2) is 14.9 Å². The molecule has 1 rings (SSSR count). The summed E-state index contributed by atoms with van der Waals surface area (Å²) in [6.45, 7) is 1.77. The number of hydrogen-bond donors (Lipinski definition) is 2. The molecule has 0 saturated heterocycles. The first kappa shape index (κ1) is 12.6. The van der Waals surface area contributed by atoms with Gasteiger partial charge in [-0.3, -0.25) is 0 Å². The molecule has 4 N–H and O–H groups in total. The maximum atomic E-state index is 5.94. The Bertz CT molecular complexity index is 303. The molecular weight excluding hydrogens is 266 g/mol. The number of halogens is 4. The van der Waals surface area contributed by atoms with E-state index in [0.29, 0.717) is 0 Å². The van der Waals surface area contributed by atoms with Crippen LogP contribution in [0.2, 0.25) is 0 Å². The van der Waals surface area contributed by atoms with E-state index in [0.717, 1.165) is 0 Å². The minimum atomic E-state index is -1.70. The van der Waals surface area contributed by atoms with Crippen molar-refractivity contribution in [2.24, 2.45) is 11.5 Å². The third kappa shape index (κ3) is 2.21. The molecule has 0 saturated carbocycles. The fourth-order valence-electron chi connectivity index (χ4n) is 1.06. The highest BCUT2D eigenvalue weighted by Crippen LogP contribution is 2.45. The number of hydrogen-bond acceptors (Lipinski definition) is 2. The van der Waals surface area contributed by atoms with E-state index < -0.39 is 14.9 Å². The van der Waals surface area contributed by atoms with Crippen LogP contribution in [0, 0.1) is 0 Å². The molecule has 14 heavy (non-hydrogen) atoms. The zero-order valence-electron chi connectivity index (χ0n) is 7.40. The Morgan fingerprint density at radius 3 is 2.07 bits per heavy atom. The van der Waals surface area contributed by atoms with Gasteiger partial charge in [-0.2, -0.15) is 0 Å². The van der Waals surface area contributed by atoms with Crippen LogP contribution in [0.25, 0.3) is 0 Å². The lowest BCUT2D eigenvalue weighted by molar-refractivity contribution is 0.604. The van der Waals surface area contributed by atoms with Crippen LogP contribution in [-0.2, 0) is 0 Å². The second-order valence-corrected chi connectivity index (χ2v) is 6.25. The first-order valence-electron chi connectivity index (χ1n) is 3.82. The maximum absolute atomic E-state index is 5.94. The first-order chi connectivity index (χ1) is 6.08. The van der Waals surface area contributed by atoms with Gasteiger partial charge in [0.2, 0.25) is 3.79 Å². The molecular formula is C8H10Cl4N2. The zero-order chi connectivity index (χ0) is 11.2. The smallest absolute Gasteiger partial charge is 0.216 e. The summed E-state index contributed by atoms with van der Waals surface area (Å²) in [5.41, 5.74) is 9.70. The molecule has 0 heterocycles. The molecule has 0 radical (unpaired) electrons. The summed E-state index contributed by atoms with van der Waals surface area (Å²) in [6, 6.07) is 0. The Balaban J connectivity index is 3.14. The Morgan fingerprint density at radius 1 is 1.21 bits per heavy atom. The van der Waals surface area contributed by atoms with Gasteiger partial charge in [0.1, 0.15) is 5.54 Å². The quantitative estimate of drug-likeness (QED) is 0.527. The second-order valence-electron chi connectivity index (χ2n) is 3.56. The van der Waals surface area contributed by atoms with Crippen molar-refractivity contribution in [2.45, 2.75) is 21.8 Å². The van der Waals surface area contributed by atoms with E-state index in [2.05, 4.69) is 0 Å². The highest BCUT2D eigenvalue weighted by Gasteiger charge is 2.48. The van der Waals surface area contributed by atoms with Crippen molar-refractivity contribution in [1.82, 2.24) is 0 Å². The van der Waals surface area contributed by atoms with Gasteiger partial charge < -0.3 is 11.5 Å². The summed E-state index contributed by atoms with van der Waals surface area (Å²) in [5, 5.41) is 0.227. The fourth-order valence-corrected chi connectivity index (χ4v) is 2.14. The van der Waals surface area contributed by atoms with Crippen molar-refractivity contribution in [1.29, 1.82) is 0 Å². The van der Waals surface area contributed by atoms with Crippen molar-refractivity contribution < 1.29 is 0 Å². The molecule has 0 aromatic heterocycles. The van der Waals surface area contributed by atoms with Gasteiger partial charge in [-0.15, -0.1) is 0 Å². The lowest BCUT2D eigenvalue weighted by Gasteiger charge is -2.37. The minimum Gasteiger partial charge on any atom is -0.319 e. The van der Waals surface area contributed by atoms with E-state index in [4.69, 9.17) is 57.9 Å². The SMILES string of the molecule is CC1(N)C=CC(N)(C(Cl)(Cl)Cl)C(Cl)=C1. The predicted octanol–water partition coefficient (Wildman–Crippen LogP) is 2.46. The topological polar surface area (TPSA) is 52.0 Å². The third-order valence-electron chi connectivity index (χ3n) is 2.01. The standard InChI is InChI=1S/C8H10Cl4N2/c1-6(13)2-3-7(14,5(9)4-6)8(10,11)12/h2-4H,13-14H2,1H3. The Labute approximate surface area is 103 Å². The van der Waals surface area contributed by atoms with E-state index in [1.54, 1.807) is 19.1 Å². The summed E-state index contributed by atoms with van der Waals surface area (Å²) >= 11 is 23.1. The zero-order valence-corrected chi connectivity index (χ0v) is 10.4. The molecule has 6 heteroatoms. The molecule has 80 valence electrons. The largest absolute Gasteiger partial charge is 0.319 e. The first-order valence-corrected chi connectivity index (χ1v) is 5.33. The van der Waals surface area contributed by atoms with Crippen LogP contribution in [0.1, 0.15) is 6.92 Å². The van der Waals surface area contributed by atoms with Crippen LogP contribution in [0.5, 0.6) is 0 Å². The average Bonchev–Trinajstić information content (AvgIpc) is 1.94. The van der Waals surface area contributed by atoms with Crippen LogP contribution < -0.4 is 11.5 Å². The van der Waals surface area contributed by atoms with E-state index >= 15 is 0 Å². The fraction of sp³-hybridized carbons (Fsp3) is 0.500. The van der Waals surface area contributed by atoms with Crippen LogP contribution in [0.4, 0.5) is 0 Å². The van der Waals surface area contributed by atoms with E-state index in [9.17, 15) is 0 Å². The highest BCUT2D eigenvalue weighted by atomic mass is 35.6. The van der Waals surface area contributed by atoms with E-state index in [-0.39, 0.29) is 5.03 Å². The Hall–Kier alpha value is 0.560. The van der Waals surface area contributed by atoms with Crippen molar-refractivity contribution in [3.8, 4) is 0 Å². The van der Waals surface area contributed by atoms with Crippen molar-refractivity contribution in [2.75, 3.05) is 0 Å². The van der Waals surface area contributed by atoms with Gasteiger partial charge in [-0.1, -0.05) is 58.6 Å². The van der Waals surface area contributed by atoms with Crippen molar-refractivity contribution >= 4 is 46.4 Å². The van der Waals surface area contributed by atoms with Gasteiger partial charge in [0.15, 0.2) is 0 Å². The van der Waals surface area contributed by atoms with Crippen LogP contribution in [0.3, 0.4) is 0 Å². The molecule has 1 aliphatic rings. The molecule has 0 aromatic carbocycles. The summed E-state index contributed by atoms with van der Waals surface area (Å²) in [4.78, 5) is 0. The third-order valence-corrected chi connectivity index (χ3v) is 3.37. The lowest BCUT2D eigenvalue weighted by Crippen LogP contribution is -2.53. The average molecular weight is 276 g/mol. The van der Waals surface area contributed by atoms with Gasteiger partial charge in [0.25, 0.3) is 0 Å². The molecule has 0 aliphatic heterocycles. The number of nitrogens with two attached hydrogens (primary N) is 2. The van der Waals surface area contributed by atoms with Crippen molar-refractivity contribution in [3.05, 3.63) is 23.3 Å². The molecule has 2 nitrogen and oxygen atoms in total. The van der Waals surface area contributed by atoms with E-state index in [1.807, 2.05) is 0 Å². The second kappa shape index (κ2) is 3.55. The normalized spacial score (nSPS) is 38.4. The van der Waals surface area contributed by atoms with Gasteiger partial charge in [0.05, 0.1) is 5.54 Å². The summed E-state index contributed by atoms with van der Waals surface area (Å²) in [6.07, 6.45) is 4.74. The van der Waals surface area contributed by atoms with Crippen LogP contribution >= 0.6 is 46.4 Å².